The van der Waals surface area contributed by atoms with Crippen LogP contribution in [0, 0.1) is 19.8 Å². The first-order valence-electron chi connectivity index (χ1n) is 9.89. The summed E-state index contributed by atoms with van der Waals surface area (Å²) in [4.78, 5) is 19.3. The molecule has 1 amide bonds. The van der Waals surface area contributed by atoms with Crippen LogP contribution in [0.15, 0.2) is 48.8 Å². The molecule has 1 fully saturated rings. The molecule has 1 saturated heterocycles. The molecule has 2 aromatic heterocycles. The van der Waals surface area contributed by atoms with E-state index in [-0.39, 0.29) is 5.91 Å². The van der Waals surface area contributed by atoms with Crippen molar-refractivity contribution < 1.29 is 4.79 Å². The van der Waals surface area contributed by atoms with E-state index in [1.165, 1.54) is 17.5 Å². The van der Waals surface area contributed by atoms with Gasteiger partial charge in [-0.2, -0.15) is 0 Å². The topological polar surface area (TPSA) is 37.6 Å². The average molecular weight is 361 g/mol. The lowest BCUT2D eigenvalue weighted by atomic mass is 9.90. The van der Waals surface area contributed by atoms with Gasteiger partial charge in [-0.1, -0.05) is 29.8 Å². The average Bonchev–Trinajstić information content (AvgIpc) is 3.10. The Labute approximate surface area is 160 Å². The van der Waals surface area contributed by atoms with Crippen LogP contribution >= 0.6 is 0 Å². The molecular weight excluding hydrogens is 334 g/mol. The van der Waals surface area contributed by atoms with Crippen molar-refractivity contribution in [3.63, 3.8) is 0 Å². The highest BCUT2D eigenvalue weighted by atomic mass is 16.2. The quantitative estimate of drug-likeness (QED) is 0.689. The van der Waals surface area contributed by atoms with Gasteiger partial charge in [-0.15, -0.1) is 0 Å². The van der Waals surface area contributed by atoms with Crippen LogP contribution in [-0.4, -0.2) is 33.3 Å². The third-order valence-electron chi connectivity index (χ3n) is 5.70. The van der Waals surface area contributed by atoms with Crippen LogP contribution in [0.4, 0.5) is 0 Å². The zero-order valence-corrected chi connectivity index (χ0v) is 16.2. The third kappa shape index (κ3) is 4.05. The summed E-state index contributed by atoms with van der Waals surface area (Å²) in [6.45, 7) is 5.84. The maximum Gasteiger partial charge on any atom is 0.274 e. The van der Waals surface area contributed by atoms with Crippen LogP contribution < -0.4 is 0 Å². The van der Waals surface area contributed by atoms with E-state index in [4.69, 9.17) is 0 Å². The fourth-order valence-electron chi connectivity index (χ4n) is 3.90. The van der Waals surface area contributed by atoms with Crippen molar-refractivity contribution in [3.05, 3.63) is 71.2 Å². The van der Waals surface area contributed by atoms with Crippen LogP contribution in [0.5, 0.6) is 0 Å². The largest absolute Gasteiger partial charge is 0.337 e. The predicted molar refractivity (Wildman–Crippen MR) is 108 cm³/mol. The molecule has 0 aliphatic carbocycles. The molecule has 3 heterocycles. The number of imidazole rings is 1. The van der Waals surface area contributed by atoms with Crippen molar-refractivity contribution >= 4 is 11.6 Å². The monoisotopic (exact) mass is 361 g/mol. The van der Waals surface area contributed by atoms with Gasteiger partial charge in [-0.05, 0) is 68.7 Å². The number of hydrogen-bond donors (Lipinski definition) is 0. The SMILES string of the molecule is Cc1ccc(CCC2CCN(C(=O)c3cn4ccc(C)cc4n3)CC2)cc1. The van der Waals surface area contributed by atoms with E-state index in [1.807, 2.05) is 40.8 Å². The molecule has 0 radical (unpaired) electrons. The van der Waals surface area contributed by atoms with E-state index >= 15 is 0 Å². The summed E-state index contributed by atoms with van der Waals surface area (Å²) >= 11 is 0. The van der Waals surface area contributed by atoms with Gasteiger partial charge in [0.2, 0.25) is 0 Å². The molecule has 0 bridgehead atoms. The van der Waals surface area contributed by atoms with E-state index < -0.39 is 0 Å². The normalized spacial score (nSPS) is 15.4. The maximum absolute atomic E-state index is 12.8. The van der Waals surface area contributed by atoms with Gasteiger partial charge in [0.25, 0.3) is 5.91 Å². The molecule has 4 heteroatoms. The minimum atomic E-state index is 0.0633. The second-order valence-electron chi connectivity index (χ2n) is 7.86. The van der Waals surface area contributed by atoms with Crippen LogP contribution in [0.1, 0.15) is 46.4 Å². The van der Waals surface area contributed by atoms with Gasteiger partial charge in [0.1, 0.15) is 11.3 Å². The van der Waals surface area contributed by atoms with Gasteiger partial charge in [-0.25, -0.2) is 4.98 Å². The highest BCUT2D eigenvalue weighted by Gasteiger charge is 2.25. The minimum Gasteiger partial charge on any atom is -0.337 e. The molecule has 0 unspecified atom stereocenters. The molecule has 27 heavy (non-hydrogen) atoms. The Morgan fingerprint density at radius 1 is 1.07 bits per heavy atom. The molecule has 0 spiro atoms. The molecule has 4 nitrogen and oxygen atoms in total. The zero-order valence-electron chi connectivity index (χ0n) is 16.2. The number of rotatable bonds is 4. The minimum absolute atomic E-state index is 0.0633. The van der Waals surface area contributed by atoms with Crippen LogP contribution in [0.2, 0.25) is 0 Å². The lowest BCUT2D eigenvalue weighted by molar-refractivity contribution is 0.0681. The highest BCUT2D eigenvalue weighted by Crippen LogP contribution is 2.24. The van der Waals surface area contributed by atoms with E-state index in [0.29, 0.717) is 11.6 Å². The van der Waals surface area contributed by atoms with Crippen molar-refractivity contribution in [2.45, 2.75) is 39.5 Å². The highest BCUT2D eigenvalue weighted by molar-refractivity contribution is 5.93. The first-order valence-corrected chi connectivity index (χ1v) is 9.89. The summed E-state index contributed by atoms with van der Waals surface area (Å²) in [5.74, 6) is 0.771. The van der Waals surface area contributed by atoms with Gasteiger partial charge in [0.15, 0.2) is 0 Å². The van der Waals surface area contributed by atoms with Gasteiger partial charge in [0, 0.05) is 25.5 Å². The fourth-order valence-corrected chi connectivity index (χ4v) is 3.90. The van der Waals surface area contributed by atoms with Crippen LogP contribution in [0.25, 0.3) is 5.65 Å². The Kier molecular flexibility index (Phi) is 4.97. The van der Waals surface area contributed by atoms with E-state index in [9.17, 15) is 4.79 Å². The number of piperidine rings is 1. The number of aromatic nitrogens is 2. The molecule has 4 rings (SSSR count). The van der Waals surface area contributed by atoms with Crippen molar-refractivity contribution in [1.82, 2.24) is 14.3 Å². The second kappa shape index (κ2) is 7.55. The predicted octanol–water partition coefficient (Wildman–Crippen LogP) is 4.44. The lowest BCUT2D eigenvalue weighted by Gasteiger charge is -2.31. The molecule has 0 saturated carbocycles. The number of fused-ring (bicyclic) bond motifs is 1. The first-order chi connectivity index (χ1) is 13.1. The molecule has 1 aliphatic heterocycles. The van der Waals surface area contributed by atoms with E-state index in [2.05, 4.69) is 36.2 Å². The van der Waals surface area contributed by atoms with Gasteiger partial charge < -0.3 is 9.30 Å². The van der Waals surface area contributed by atoms with Crippen molar-refractivity contribution in [3.8, 4) is 0 Å². The Hall–Kier alpha value is -2.62. The van der Waals surface area contributed by atoms with Gasteiger partial charge in [0.05, 0.1) is 0 Å². The summed E-state index contributed by atoms with van der Waals surface area (Å²) in [6, 6.07) is 12.9. The Balaban J connectivity index is 1.32. The number of carbonyl (C=O) groups excluding carboxylic acids is 1. The second-order valence-corrected chi connectivity index (χ2v) is 7.86. The number of nitrogens with zero attached hydrogens (tertiary/aromatic N) is 3. The van der Waals surface area contributed by atoms with Gasteiger partial charge in [-0.3, -0.25) is 4.79 Å². The summed E-state index contributed by atoms with van der Waals surface area (Å²) in [7, 11) is 0. The Bertz CT molecular complexity index is 934. The summed E-state index contributed by atoms with van der Waals surface area (Å²) < 4.78 is 1.93. The first kappa shape index (κ1) is 17.8. The van der Waals surface area contributed by atoms with E-state index in [1.54, 1.807) is 0 Å². The van der Waals surface area contributed by atoms with Crippen LogP contribution in [0.3, 0.4) is 0 Å². The summed E-state index contributed by atoms with van der Waals surface area (Å²) in [6.07, 6.45) is 8.32. The Morgan fingerprint density at radius 3 is 2.56 bits per heavy atom. The standard InChI is InChI=1S/C23H27N3O/c1-17-3-5-19(6-4-17)7-8-20-10-13-25(14-11-20)23(27)21-16-26-12-9-18(2)15-22(26)24-21/h3-6,9,12,15-16,20H,7-8,10-11,13-14H2,1-2H3. The number of amides is 1. The maximum atomic E-state index is 12.8. The number of benzene rings is 1. The summed E-state index contributed by atoms with van der Waals surface area (Å²) in [5, 5.41) is 0. The number of aryl methyl sites for hydroxylation is 3. The van der Waals surface area contributed by atoms with Gasteiger partial charge >= 0.3 is 0 Å². The molecule has 1 aromatic carbocycles. The number of carbonyl (C=O) groups is 1. The third-order valence-corrected chi connectivity index (χ3v) is 5.70. The van der Waals surface area contributed by atoms with Crippen molar-refractivity contribution in [2.24, 2.45) is 5.92 Å². The Morgan fingerprint density at radius 2 is 1.81 bits per heavy atom. The molecule has 3 aromatic rings. The zero-order chi connectivity index (χ0) is 18.8. The molecule has 1 aliphatic rings. The molecule has 0 atom stereocenters. The number of likely N-dealkylation sites (tertiary alicyclic amines) is 1. The number of pyridine rings is 1. The fraction of sp³-hybridized carbons (Fsp3) is 0.391. The van der Waals surface area contributed by atoms with E-state index in [0.717, 1.165) is 43.6 Å². The molecular formula is C23H27N3O. The number of hydrogen-bond acceptors (Lipinski definition) is 2. The smallest absolute Gasteiger partial charge is 0.274 e. The van der Waals surface area contributed by atoms with Crippen molar-refractivity contribution in [2.75, 3.05) is 13.1 Å². The molecule has 0 N–H and O–H groups in total. The molecule has 140 valence electrons. The van der Waals surface area contributed by atoms with Crippen molar-refractivity contribution in [1.29, 1.82) is 0 Å². The van der Waals surface area contributed by atoms with Crippen LogP contribution in [-0.2, 0) is 6.42 Å². The summed E-state index contributed by atoms with van der Waals surface area (Å²) in [5.41, 5.74) is 5.28. The lowest BCUT2D eigenvalue weighted by Crippen LogP contribution is -2.38.